The maximum atomic E-state index is 12.4. The summed E-state index contributed by atoms with van der Waals surface area (Å²) in [5.74, 6) is -0.266. The molecule has 2 aromatic heterocycles. The molecule has 0 amide bonds. The van der Waals surface area contributed by atoms with Crippen molar-refractivity contribution in [1.82, 2.24) is 19.9 Å². The molecule has 0 unspecified atom stereocenters. The van der Waals surface area contributed by atoms with Gasteiger partial charge in [-0.05, 0) is 0 Å². The van der Waals surface area contributed by atoms with E-state index in [1.807, 2.05) is 0 Å². The molecular formula is C9H5F3N4O. The molecule has 88 valence electrons. The monoisotopic (exact) mass is 242 g/mol. The molecule has 2 aromatic rings. The molecule has 0 aliphatic rings. The standard InChI is InChI=1S/C9H5F3N4O/c10-9(11,12)6-3-7(17)16-8(15-6)5-4-13-1-2-14-5/h1-4H,(H,15,16,17). The quantitative estimate of drug-likeness (QED) is 0.816. The maximum absolute atomic E-state index is 12.4. The maximum Gasteiger partial charge on any atom is 0.433 e. The van der Waals surface area contributed by atoms with Crippen molar-refractivity contribution in [1.29, 1.82) is 0 Å². The number of alkyl halides is 3. The molecule has 1 N–H and O–H groups in total. The Hall–Kier alpha value is -2.25. The summed E-state index contributed by atoms with van der Waals surface area (Å²) < 4.78 is 37.2. The van der Waals surface area contributed by atoms with Gasteiger partial charge in [-0.3, -0.25) is 9.78 Å². The molecule has 0 aromatic carbocycles. The molecule has 0 saturated carbocycles. The predicted octanol–water partition coefficient (Wildman–Crippen LogP) is 1.25. The van der Waals surface area contributed by atoms with E-state index in [0.717, 1.165) is 0 Å². The molecule has 17 heavy (non-hydrogen) atoms. The molecule has 2 rings (SSSR count). The first-order valence-corrected chi connectivity index (χ1v) is 4.42. The van der Waals surface area contributed by atoms with Crippen LogP contribution in [-0.2, 0) is 6.18 Å². The summed E-state index contributed by atoms with van der Waals surface area (Å²) in [5.41, 5.74) is -2.09. The largest absolute Gasteiger partial charge is 0.433 e. The van der Waals surface area contributed by atoms with E-state index in [1.165, 1.54) is 18.6 Å². The van der Waals surface area contributed by atoms with Gasteiger partial charge in [0.15, 0.2) is 11.5 Å². The Morgan fingerprint density at radius 1 is 1.24 bits per heavy atom. The van der Waals surface area contributed by atoms with Crippen molar-refractivity contribution < 1.29 is 13.2 Å². The Kier molecular flexibility index (Phi) is 2.62. The second kappa shape index (κ2) is 3.96. The van der Waals surface area contributed by atoms with E-state index in [4.69, 9.17) is 0 Å². The van der Waals surface area contributed by atoms with E-state index >= 15 is 0 Å². The molecule has 0 bridgehead atoms. The van der Waals surface area contributed by atoms with Gasteiger partial charge < -0.3 is 4.98 Å². The first-order chi connectivity index (χ1) is 7.97. The van der Waals surface area contributed by atoms with E-state index in [-0.39, 0.29) is 11.5 Å². The van der Waals surface area contributed by atoms with Crippen LogP contribution < -0.4 is 5.56 Å². The van der Waals surface area contributed by atoms with Crippen LogP contribution in [0, 0.1) is 0 Å². The Morgan fingerprint density at radius 2 is 2.00 bits per heavy atom. The number of nitrogens with one attached hydrogen (secondary N) is 1. The van der Waals surface area contributed by atoms with E-state index in [2.05, 4.69) is 19.9 Å². The van der Waals surface area contributed by atoms with Crippen LogP contribution in [0.3, 0.4) is 0 Å². The molecule has 0 atom stereocenters. The number of aromatic amines is 1. The number of rotatable bonds is 1. The number of hydrogen-bond donors (Lipinski definition) is 1. The third-order valence-corrected chi connectivity index (χ3v) is 1.84. The van der Waals surface area contributed by atoms with Crippen molar-refractivity contribution in [2.24, 2.45) is 0 Å². The molecule has 0 fully saturated rings. The van der Waals surface area contributed by atoms with Crippen LogP contribution in [0.2, 0.25) is 0 Å². The van der Waals surface area contributed by atoms with Crippen molar-refractivity contribution in [3.05, 3.63) is 40.7 Å². The van der Waals surface area contributed by atoms with Crippen LogP contribution in [0.1, 0.15) is 5.69 Å². The highest BCUT2D eigenvalue weighted by atomic mass is 19.4. The fraction of sp³-hybridized carbons (Fsp3) is 0.111. The molecule has 0 saturated heterocycles. The van der Waals surface area contributed by atoms with Gasteiger partial charge in [0.25, 0.3) is 5.56 Å². The zero-order chi connectivity index (χ0) is 12.5. The highest BCUT2D eigenvalue weighted by Crippen LogP contribution is 2.27. The molecule has 0 aliphatic carbocycles. The molecule has 0 radical (unpaired) electrons. The number of aromatic nitrogens is 4. The van der Waals surface area contributed by atoms with Gasteiger partial charge in [0.1, 0.15) is 5.69 Å². The third kappa shape index (κ3) is 2.47. The van der Waals surface area contributed by atoms with Crippen molar-refractivity contribution in [2.75, 3.05) is 0 Å². The van der Waals surface area contributed by atoms with Crippen LogP contribution in [0.5, 0.6) is 0 Å². The first-order valence-electron chi connectivity index (χ1n) is 4.42. The third-order valence-electron chi connectivity index (χ3n) is 1.84. The van der Waals surface area contributed by atoms with Gasteiger partial charge in [-0.15, -0.1) is 0 Å². The summed E-state index contributed by atoms with van der Waals surface area (Å²) in [4.78, 5) is 24.0. The summed E-state index contributed by atoms with van der Waals surface area (Å²) in [5, 5.41) is 0. The van der Waals surface area contributed by atoms with Gasteiger partial charge in [-0.2, -0.15) is 13.2 Å². The smallest absolute Gasteiger partial charge is 0.305 e. The van der Waals surface area contributed by atoms with Crippen LogP contribution in [0.25, 0.3) is 11.5 Å². The average molecular weight is 242 g/mol. The highest BCUT2D eigenvalue weighted by Gasteiger charge is 2.33. The lowest BCUT2D eigenvalue weighted by molar-refractivity contribution is -0.141. The Bertz CT molecular complexity index is 579. The molecule has 0 aliphatic heterocycles. The Labute approximate surface area is 92.4 Å². The van der Waals surface area contributed by atoms with Gasteiger partial charge in [-0.1, -0.05) is 0 Å². The van der Waals surface area contributed by atoms with Gasteiger partial charge in [0, 0.05) is 18.5 Å². The van der Waals surface area contributed by atoms with E-state index in [0.29, 0.717) is 6.07 Å². The topological polar surface area (TPSA) is 71.5 Å². The Balaban J connectivity index is 2.58. The average Bonchev–Trinajstić information content (AvgIpc) is 2.28. The molecule has 2 heterocycles. The zero-order valence-corrected chi connectivity index (χ0v) is 8.19. The number of halogens is 3. The molecular weight excluding hydrogens is 237 g/mol. The lowest BCUT2D eigenvalue weighted by Crippen LogP contribution is -2.17. The molecule has 8 heteroatoms. The van der Waals surface area contributed by atoms with Crippen LogP contribution in [0.15, 0.2) is 29.5 Å². The van der Waals surface area contributed by atoms with Gasteiger partial charge in [0.2, 0.25) is 0 Å². The SMILES string of the molecule is O=c1cc(C(F)(F)F)nc(-c2cnccn2)[nH]1. The van der Waals surface area contributed by atoms with E-state index < -0.39 is 17.4 Å². The fourth-order valence-corrected chi connectivity index (χ4v) is 1.15. The molecule has 5 nitrogen and oxygen atoms in total. The van der Waals surface area contributed by atoms with Crippen LogP contribution in [0.4, 0.5) is 13.2 Å². The van der Waals surface area contributed by atoms with Gasteiger partial charge in [0.05, 0.1) is 6.20 Å². The van der Waals surface area contributed by atoms with Crippen molar-refractivity contribution in [3.63, 3.8) is 0 Å². The minimum atomic E-state index is -4.68. The number of H-pyrrole nitrogens is 1. The van der Waals surface area contributed by atoms with E-state index in [1.54, 1.807) is 0 Å². The van der Waals surface area contributed by atoms with Gasteiger partial charge in [-0.25, -0.2) is 9.97 Å². The van der Waals surface area contributed by atoms with Crippen molar-refractivity contribution in [3.8, 4) is 11.5 Å². The number of hydrogen-bond acceptors (Lipinski definition) is 4. The lowest BCUT2D eigenvalue weighted by Gasteiger charge is -2.06. The van der Waals surface area contributed by atoms with Crippen LogP contribution >= 0.6 is 0 Å². The lowest BCUT2D eigenvalue weighted by atomic mass is 10.3. The fourth-order valence-electron chi connectivity index (χ4n) is 1.15. The van der Waals surface area contributed by atoms with Crippen LogP contribution in [-0.4, -0.2) is 19.9 Å². The first kappa shape index (κ1) is 11.2. The number of nitrogens with zero attached hydrogens (tertiary/aromatic N) is 3. The predicted molar refractivity (Wildman–Crippen MR) is 50.9 cm³/mol. The minimum Gasteiger partial charge on any atom is -0.305 e. The van der Waals surface area contributed by atoms with Crippen molar-refractivity contribution in [2.45, 2.75) is 6.18 Å². The van der Waals surface area contributed by atoms with E-state index in [9.17, 15) is 18.0 Å². The molecule has 0 spiro atoms. The minimum absolute atomic E-state index is 0.0655. The summed E-state index contributed by atoms with van der Waals surface area (Å²) in [6.45, 7) is 0. The summed E-state index contributed by atoms with van der Waals surface area (Å²) in [6.07, 6.45) is -0.825. The van der Waals surface area contributed by atoms with Crippen molar-refractivity contribution >= 4 is 0 Å². The summed E-state index contributed by atoms with van der Waals surface area (Å²) >= 11 is 0. The second-order valence-electron chi connectivity index (χ2n) is 3.07. The zero-order valence-electron chi connectivity index (χ0n) is 8.19. The highest BCUT2D eigenvalue weighted by molar-refractivity contribution is 5.46. The second-order valence-corrected chi connectivity index (χ2v) is 3.07. The summed E-state index contributed by atoms with van der Waals surface area (Å²) in [7, 11) is 0. The normalized spacial score (nSPS) is 11.5. The van der Waals surface area contributed by atoms with Gasteiger partial charge >= 0.3 is 6.18 Å². The Morgan fingerprint density at radius 3 is 2.59 bits per heavy atom. The summed E-state index contributed by atoms with van der Waals surface area (Å²) in [6, 6.07) is 0.389.